The zero-order chi connectivity index (χ0) is 23.7. The summed E-state index contributed by atoms with van der Waals surface area (Å²) in [5.41, 5.74) is 9.76. The summed E-state index contributed by atoms with van der Waals surface area (Å²) in [5.74, 6) is 0.673. The van der Waals surface area contributed by atoms with Crippen molar-refractivity contribution in [1.29, 1.82) is 0 Å². The minimum absolute atomic E-state index is 0.106. The molecule has 0 saturated carbocycles. The third kappa shape index (κ3) is 3.97. The zero-order valence-electron chi connectivity index (χ0n) is 18.5. The number of aromatic nitrogens is 4. The molecule has 2 atom stereocenters. The molecular weight excluding hydrogens is 432 g/mol. The van der Waals surface area contributed by atoms with Crippen molar-refractivity contribution in [3.63, 3.8) is 0 Å². The fourth-order valence-corrected chi connectivity index (χ4v) is 4.16. The summed E-state index contributed by atoms with van der Waals surface area (Å²) >= 11 is 0. The number of para-hydroxylation sites is 1. The fraction of sp³-hybridized carbons (Fsp3) is 0.200. The number of aliphatic hydroxyl groups excluding tert-OH is 1. The molecule has 0 spiro atoms. The lowest BCUT2D eigenvalue weighted by molar-refractivity contribution is 0.0948. The minimum Gasteiger partial charge on any atom is -0.496 e. The van der Waals surface area contributed by atoms with Crippen LogP contribution in [0.2, 0.25) is 0 Å². The Hall–Kier alpha value is -4.24. The van der Waals surface area contributed by atoms with Crippen LogP contribution >= 0.6 is 0 Å². The number of nitrogen functional groups attached to an aromatic ring is 1. The third-order valence-electron chi connectivity index (χ3n) is 5.90. The molecule has 9 nitrogen and oxygen atoms in total. The average molecular weight is 457 g/mol. The van der Waals surface area contributed by atoms with Crippen LogP contribution in [-0.4, -0.2) is 44.0 Å². The standard InChI is InChI=1S/C25H24N6O3/c1-34-20-5-3-2-4-19(20)25(33)27-13-15-6-8-16(9-7-15)22-21-23(26)28-14-29-24(21)31(30-22)17-10-11-18(32)12-17/h2-11,14,17-18,32H,12-13H2,1H3,(H,27,33)(H2,26,28,29)/t17-,18-/m1/s1. The Bertz CT molecular complexity index is 1380. The Kier molecular flexibility index (Phi) is 5.69. The lowest BCUT2D eigenvalue weighted by Gasteiger charge is -2.10. The van der Waals surface area contributed by atoms with Gasteiger partial charge in [-0.05, 0) is 17.7 Å². The normalized spacial score (nSPS) is 17.2. The molecule has 4 aromatic rings. The Morgan fingerprint density at radius 1 is 1.18 bits per heavy atom. The van der Waals surface area contributed by atoms with E-state index in [-0.39, 0.29) is 11.9 Å². The molecule has 5 rings (SSSR count). The molecule has 0 saturated heterocycles. The van der Waals surface area contributed by atoms with Gasteiger partial charge in [-0.25, -0.2) is 14.6 Å². The van der Waals surface area contributed by atoms with Gasteiger partial charge in [-0.15, -0.1) is 0 Å². The highest BCUT2D eigenvalue weighted by Crippen LogP contribution is 2.34. The number of anilines is 1. The van der Waals surface area contributed by atoms with Crippen LogP contribution in [-0.2, 0) is 6.54 Å². The first kappa shape index (κ1) is 21.6. The second kappa shape index (κ2) is 8.95. The molecule has 2 aromatic carbocycles. The SMILES string of the molecule is COc1ccccc1C(=O)NCc1ccc(-c2nn([C@@H]3C=C[C@@H](O)C3)c3ncnc(N)c23)cc1. The molecular formula is C25H24N6O3. The van der Waals surface area contributed by atoms with E-state index in [0.717, 1.165) is 11.1 Å². The number of allylic oxidation sites excluding steroid dienone is 1. The molecule has 0 aliphatic heterocycles. The summed E-state index contributed by atoms with van der Waals surface area (Å²) in [5, 5.41) is 18.3. The molecule has 4 N–H and O–H groups in total. The molecule has 1 aliphatic carbocycles. The van der Waals surface area contributed by atoms with Crippen molar-refractivity contribution in [3.05, 3.63) is 78.1 Å². The molecule has 2 heterocycles. The number of nitrogens with zero attached hydrogens (tertiary/aromatic N) is 4. The van der Waals surface area contributed by atoms with Gasteiger partial charge in [0.25, 0.3) is 5.91 Å². The van der Waals surface area contributed by atoms with Gasteiger partial charge in [0.05, 0.1) is 30.2 Å². The number of amides is 1. The number of methoxy groups -OCH3 is 1. The lowest BCUT2D eigenvalue weighted by atomic mass is 10.1. The average Bonchev–Trinajstić information content (AvgIpc) is 3.47. The Morgan fingerprint density at radius 3 is 2.71 bits per heavy atom. The van der Waals surface area contributed by atoms with Gasteiger partial charge >= 0.3 is 0 Å². The maximum absolute atomic E-state index is 12.6. The van der Waals surface area contributed by atoms with E-state index in [9.17, 15) is 9.90 Å². The fourth-order valence-electron chi connectivity index (χ4n) is 4.16. The first-order valence-electron chi connectivity index (χ1n) is 10.9. The first-order valence-corrected chi connectivity index (χ1v) is 10.9. The topological polar surface area (TPSA) is 128 Å². The van der Waals surface area contributed by atoms with Gasteiger partial charge in [-0.1, -0.05) is 48.6 Å². The number of hydrogen-bond donors (Lipinski definition) is 3. The van der Waals surface area contributed by atoms with Crippen molar-refractivity contribution in [1.82, 2.24) is 25.1 Å². The zero-order valence-corrected chi connectivity index (χ0v) is 18.5. The van der Waals surface area contributed by atoms with Crippen LogP contribution in [0, 0.1) is 0 Å². The molecule has 1 amide bonds. The number of hydrogen-bond acceptors (Lipinski definition) is 7. The molecule has 1 aliphatic rings. The van der Waals surface area contributed by atoms with Crippen molar-refractivity contribution in [2.45, 2.75) is 25.1 Å². The summed E-state index contributed by atoms with van der Waals surface area (Å²) in [6, 6.07) is 14.7. The number of carbonyl (C=O) groups is 1. The summed E-state index contributed by atoms with van der Waals surface area (Å²) < 4.78 is 7.05. The third-order valence-corrected chi connectivity index (χ3v) is 5.90. The van der Waals surface area contributed by atoms with E-state index >= 15 is 0 Å². The van der Waals surface area contributed by atoms with Crippen LogP contribution in [0.3, 0.4) is 0 Å². The Morgan fingerprint density at radius 2 is 1.97 bits per heavy atom. The quantitative estimate of drug-likeness (QED) is 0.381. The molecule has 0 bridgehead atoms. The number of carbonyl (C=O) groups excluding carboxylic acids is 1. The van der Waals surface area contributed by atoms with Gasteiger partial charge in [0.15, 0.2) is 5.65 Å². The van der Waals surface area contributed by atoms with Gasteiger partial charge in [0.1, 0.15) is 23.6 Å². The number of benzene rings is 2. The van der Waals surface area contributed by atoms with Crippen molar-refractivity contribution in [3.8, 4) is 17.0 Å². The summed E-state index contributed by atoms with van der Waals surface area (Å²) in [6.45, 7) is 0.363. The van der Waals surface area contributed by atoms with E-state index in [1.807, 2.05) is 36.4 Å². The number of nitrogens with one attached hydrogen (secondary N) is 1. The van der Waals surface area contributed by atoms with Crippen LogP contribution in [0.15, 0.2) is 67.0 Å². The highest BCUT2D eigenvalue weighted by Gasteiger charge is 2.25. The largest absolute Gasteiger partial charge is 0.496 e. The number of nitrogens with two attached hydrogens (primary N) is 1. The van der Waals surface area contributed by atoms with E-state index in [0.29, 0.717) is 46.8 Å². The highest BCUT2D eigenvalue weighted by molar-refractivity contribution is 5.98. The van der Waals surface area contributed by atoms with Gasteiger partial charge in [-0.3, -0.25) is 4.79 Å². The second-order valence-electron chi connectivity index (χ2n) is 8.09. The van der Waals surface area contributed by atoms with E-state index in [2.05, 4.69) is 15.3 Å². The lowest BCUT2D eigenvalue weighted by Crippen LogP contribution is -2.23. The first-order chi connectivity index (χ1) is 16.5. The predicted molar refractivity (Wildman–Crippen MR) is 128 cm³/mol. The van der Waals surface area contributed by atoms with Gasteiger partial charge in [0, 0.05) is 18.5 Å². The van der Waals surface area contributed by atoms with E-state index in [4.69, 9.17) is 15.6 Å². The van der Waals surface area contributed by atoms with Crippen LogP contribution in [0.25, 0.3) is 22.3 Å². The molecule has 9 heteroatoms. The van der Waals surface area contributed by atoms with Crippen LogP contribution < -0.4 is 15.8 Å². The van der Waals surface area contributed by atoms with Crippen molar-refractivity contribution >= 4 is 22.8 Å². The van der Waals surface area contributed by atoms with Crippen LogP contribution in [0.1, 0.15) is 28.4 Å². The molecule has 34 heavy (non-hydrogen) atoms. The number of ether oxygens (including phenoxy) is 1. The van der Waals surface area contributed by atoms with Crippen molar-refractivity contribution < 1.29 is 14.6 Å². The van der Waals surface area contributed by atoms with Crippen molar-refractivity contribution in [2.24, 2.45) is 0 Å². The maximum Gasteiger partial charge on any atom is 0.255 e. The maximum atomic E-state index is 12.6. The minimum atomic E-state index is -0.503. The smallest absolute Gasteiger partial charge is 0.255 e. The monoisotopic (exact) mass is 456 g/mol. The van der Waals surface area contributed by atoms with E-state index in [1.165, 1.54) is 6.33 Å². The second-order valence-corrected chi connectivity index (χ2v) is 8.09. The van der Waals surface area contributed by atoms with Crippen molar-refractivity contribution in [2.75, 3.05) is 12.8 Å². The van der Waals surface area contributed by atoms with Crippen LogP contribution in [0.5, 0.6) is 5.75 Å². The predicted octanol–water partition coefficient (Wildman–Crippen LogP) is 2.88. The summed E-state index contributed by atoms with van der Waals surface area (Å²) in [4.78, 5) is 21.1. The summed E-state index contributed by atoms with van der Waals surface area (Å²) in [6.07, 6.45) is 5.13. The Balaban J connectivity index is 1.39. The number of rotatable bonds is 6. The highest BCUT2D eigenvalue weighted by atomic mass is 16.5. The number of aliphatic hydroxyl groups is 1. The molecule has 2 aromatic heterocycles. The Labute approximate surface area is 195 Å². The van der Waals surface area contributed by atoms with Crippen LogP contribution in [0.4, 0.5) is 5.82 Å². The van der Waals surface area contributed by atoms with E-state index in [1.54, 1.807) is 36.1 Å². The van der Waals surface area contributed by atoms with Gasteiger partial charge in [0.2, 0.25) is 0 Å². The van der Waals surface area contributed by atoms with E-state index < -0.39 is 6.10 Å². The van der Waals surface area contributed by atoms with Gasteiger partial charge < -0.3 is 20.9 Å². The molecule has 0 radical (unpaired) electrons. The van der Waals surface area contributed by atoms with Gasteiger partial charge in [-0.2, -0.15) is 5.10 Å². The number of fused-ring (bicyclic) bond motifs is 1. The molecule has 172 valence electrons. The summed E-state index contributed by atoms with van der Waals surface area (Å²) in [7, 11) is 1.54. The molecule has 0 unspecified atom stereocenters. The molecule has 0 fully saturated rings.